The Kier molecular flexibility index (Phi) is 4.56. The van der Waals surface area contributed by atoms with Gasteiger partial charge in [-0.15, -0.1) is 0 Å². The number of benzene rings is 1. The molecule has 0 spiro atoms. The Balaban J connectivity index is 1.52. The van der Waals surface area contributed by atoms with Crippen LogP contribution in [0.5, 0.6) is 0 Å². The lowest BCUT2D eigenvalue weighted by atomic mass is 9.91. The molecule has 4 rings (SSSR count). The van der Waals surface area contributed by atoms with E-state index in [9.17, 15) is 0 Å². The van der Waals surface area contributed by atoms with Crippen molar-refractivity contribution in [1.82, 2.24) is 14.7 Å². The van der Waals surface area contributed by atoms with Crippen molar-refractivity contribution >= 4 is 5.82 Å². The van der Waals surface area contributed by atoms with Crippen LogP contribution in [0.15, 0.2) is 30.3 Å². The molecule has 128 valence electrons. The number of fused-ring (bicyclic) bond motifs is 1. The van der Waals surface area contributed by atoms with E-state index < -0.39 is 0 Å². The summed E-state index contributed by atoms with van der Waals surface area (Å²) in [5.41, 5.74) is 4.26. The second kappa shape index (κ2) is 6.98. The van der Waals surface area contributed by atoms with Crippen LogP contribution in [0, 0.1) is 0 Å². The lowest BCUT2D eigenvalue weighted by molar-refractivity contribution is 0.198. The molecule has 2 aliphatic heterocycles. The summed E-state index contributed by atoms with van der Waals surface area (Å²) in [5, 5.41) is 8.52. The molecule has 2 aliphatic rings. The third-order valence-electron chi connectivity index (χ3n) is 5.46. The van der Waals surface area contributed by atoms with E-state index in [-0.39, 0.29) is 0 Å². The van der Waals surface area contributed by atoms with E-state index in [4.69, 9.17) is 5.10 Å². The van der Waals surface area contributed by atoms with Crippen molar-refractivity contribution in [2.75, 3.05) is 25.0 Å². The van der Waals surface area contributed by atoms with Gasteiger partial charge in [0, 0.05) is 38.2 Å². The normalized spacial score (nSPS) is 21.8. The van der Waals surface area contributed by atoms with Crippen molar-refractivity contribution in [1.29, 1.82) is 0 Å². The summed E-state index contributed by atoms with van der Waals surface area (Å²) in [4.78, 5) is 2.61. The van der Waals surface area contributed by atoms with Gasteiger partial charge in [-0.05, 0) is 44.2 Å². The lowest BCUT2D eigenvalue weighted by Crippen LogP contribution is -2.34. The number of nitrogens with one attached hydrogen (secondary N) is 1. The molecule has 3 heterocycles. The van der Waals surface area contributed by atoms with Gasteiger partial charge in [-0.3, -0.25) is 9.58 Å². The van der Waals surface area contributed by atoms with E-state index in [1.165, 1.54) is 61.3 Å². The molecule has 0 aliphatic carbocycles. The van der Waals surface area contributed by atoms with Crippen LogP contribution in [0.2, 0.25) is 0 Å². The SMILES string of the molecule is Cn1nc(C2CCCN(Cc3ccccc3)C2)c2c1NCCCC2. The monoisotopic (exact) mass is 324 g/mol. The Bertz CT molecular complexity index is 676. The highest BCUT2D eigenvalue weighted by molar-refractivity contribution is 5.50. The standard InChI is InChI=1S/C20H28N4/c1-23-20-18(11-5-6-12-21-20)19(22-23)17-10-7-13-24(15-17)14-16-8-3-2-4-9-16/h2-4,8-9,17,21H,5-7,10-15H2,1H3. The van der Waals surface area contributed by atoms with Crippen molar-refractivity contribution < 1.29 is 0 Å². The van der Waals surface area contributed by atoms with E-state index >= 15 is 0 Å². The summed E-state index contributed by atoms with van der Waals surface area (Å²) < 4.78 is 2.08. The van der Waals surface area contributed by atoms with Gasteiger partial charge in [0.1, 0.15) is 5.82 Å². The zero-order valence-electron chi connectivity index (χ0n) is 14.7. The number of hydrogen-bond donors (Lipinski definition) is 1. The fourth-order valence-electron chi connectivity index (χ4n) is 4.28. The molecule has 1 N–H and O–H groups in total. The molecular weight excluding hydrogens is 296 g/mol. The first-order chi connectivity index (χ1) is 11.8. The smallest absolute Gasteiger partial charge is 0.127 e. The summed E-state index contributed by atoms with van der Waals surface area (Å²) in [6, 6.07) is 10.8. The van der Waals surface area contributed by atoms with Crippen molar-refractivity contribution in [2.24, 2.45) is 7.05 Å². The molecule has 24 heavy (non-hydrogen) atoms. The molecule has 1 unspecified atom stereocenters. The van der Waals surface area contributed by atoms with E-state index in [1.54, 1.807) is 0 Å². The van der Waals surface area contributed by atoms with Crippen LogP contribution in [-0.4, -0.2) is 34.3 Å². The summed E-state index contributed by atoms with van der Waals surface area (Å²) in [6.45, 7) is 4.48. The second-order valence-electron chi connectivity index (χ2n) is 7.28. The van der Waals surface area contributed by atoms with E-state index in [0.29, 0.717) is 5.92 Å². The highest BCUT2D eigenvalue weighted by Gasteiger charge is 2.28. The van der Waals surface area contributed by atoms with Gasteiger partial charge in [-0.1, -0.05) is 30.3 Å². The average molecular weight is 324 g/mol. The quantitative estimate of drug-likeness (QED) is 0.937. The number of piperidine rings is 1. The zero-order chi connectivity index (χ0) is 16.4. The third kappa shape index (κ3) is 3.20. The molecule has 1 fully saturated rings. The Morgan fingerprint density at radius 2 is 2.04 bits per heavy atom. The summed E-state index contributed by atoms with van der Waals surface area (Å²) in [5.74, 6) is 1.85. The minimum atomic E-state index is 0.581. The molecule has 1 saturated heterocycles. The summed E-state index contributed by atoms with van der Waals surface area (Å²) >= 11 is 0. The third-order valence-corrected chi connectivity index (χ3v) is 5.46. The molecule has 1 atom stereocenters. The molecule has 4 heteroatoms. The minimum Gasteiger partial charge on any atom is -0.370 e. The number of hydrogen-bond acceptors (Lipinski definition) is 3. The van der Waals surface area contributed by atoms with E-state index in [2.05, 4.69) is 52.3 Å². The first-order valence-electron chi connectivity index (χ1n) is 9.37. The predicted molar refractivity (Wildman–Crippen MR) is 98.3 cm³/mol. The zero-order valence-corrected chi connectivity index (χ0v) is 14.7. The summed E-state index contributed by atoms with van der Waals surface area (Å²) in [6.07, 6.45) is 6.27. The molecule has 0 amide bonds. The van der Waals surface area contributed by atoms with Gasteiger partial charge in [0.05, 0.1) is 5.69 Å². The van der Waals surface area contributed by atoms with E-state index in [1.807, 2.05) is 0 Å². The maximum absolute atomic E-state index is 4.93. The van der Waals surface area contributed by atoms with Crippen LogP contribution in [-0.2, 0) is 20.0 Å². The van der Waals surface area contributed by atoms with Crippen LogP contribution in [0.3, 0.4) is 0 Å². The first-order valence-corrected chi connectivity index (χ1v) is 9.37. The molecular formula is C20H28N4. The Morgan fingerprint density at radius 3 is 2.92 bits per heavy atom. The Labute approximate surface area is 144 Å². The lowest BCUT2D eigenvalue weighted by Gasteiger charge is -2.32. The van der Waals surface area contributed by atoms with Gasteiger partial charge >= 0.3 is 0 Å². The fraction of sp³-hybridized carbons (Fsp3) is 0.550. The average Bonchev–Trinajstić information content (AvgIpc) is 2.78. The fourth-order valence-corrected chi connectivity index (χ4v) is 4.28. The van der Waals surface area contributed by atoms with Gasteiger partial charge in [-0.25, -0.2) is 0 Å². The molecule has 1 aromatic heterocycles. The van der Waals surface area contributed by atoms with Crippen LogP contribution in [0.1, 0.15) is 48.4 Å². The molecule has 0 bridgehead atoms. The van der Waals surface area contributed by atoms with Gasteiger partial charge in [0.2, 0.25) is 0 Å². The van der Waals surface area contributed by atoms with Crippen LogP contribution < -0.4 is 5.32 Å². The number of rotatable bonds is 3. The van der Waals surface area contributed by atoms with Gasteiger partial charge in [0.15, 0.2) is 0 Å². The highest BCUT2D eigenvalue weighted by Crippen LogP contribution is 2.34. The Hall–Kier alpha value is -1.81. The van der Waals surface area contributed by atoms with Crippen LogP contribution in [0.25, 0.3) is 0 Å². The largest absolute Gasteiger partial charge is 0.370 e. The van der Waals surface area contributed by atoms with E-state index in [0.717, 1.165) is 19.6 Å². The second-order valence-corrected chi connectivity index (χ2v) is 7.28. The maximum atomic E-state index is 4.93. The number of aryl methyl sites for hydroxylation is 1. The van der Waals surface area contributed by atoms with Crippen LogP contribution >= 0.6 is 0 Å². The minimum absolute atomic E-state index is 0.581. The molecule has 2 aromatic rings. The first kappa shape index (κ1) is 15.7. The van der Waals surface area contributed by atoms with Crippen molar-refractivity contribution in [3.8, 4) is 0 Å². The molecule has 0 saturated carbocycles. The van der Waals surface area contributed by atoms with Crippen LogP contribution in [0.4, 0.5) is 5.82 Å². The number of aromatic nitrogens is 2. The molecule has 1 aromatic carbocycles. The van der Waals surface area contributed by atoms with Crippen molar-refractivity contribution in [3.05, 3.63) is 47.2 Å². The Morgan fingerprint density at radius 1 is 1.17 bits per heavy atom. The van der Waals surface area contributed by atoms with Gasteiger partial charge < -0.3 is 5.32 Å². The molecule has 0 radical (unpaired) electrons. The van der Waals surface area contributed by atoms with Crippen molar-refractivity contribution in [3.63, 3.8) is 0 Å². The summed E-state index contributed by atoms with van der Waals surface area (Å²) in [7, 11) is 2.09. The number of anilines is 1. The maximum Gasteiger partial charge on any atom is 0.127 e. The number of nitrogens with zero attached hydrogens (tertiary/aromatic N) is 3. The topological polar surface area (TPSA) is 33.1 Å². The number of likely N-dealkylation sites (tertiary alicyclic amines) is 1. The van der Waals surface area contributed by atoms with Gasteiger partial charge in [-0.2, -0.15) is 5.10 Å². The molecule has 4 nitrogen and oxygen atoms in total. The predicted octanol–water partition coefficient (Wildman–Crippen LogP) is 3.55. The van der Waals surface area contributed by atoms with Gasteiger partial charge in [0.25, 0.3) is 0 Å². The highest BCUT2D eigenvalue weighted by atomic mass is 15.3. The van der Waals surface area contributed by atoms with Crippen molar-refractivity contribution in [2.45, 2.75) is 44.6 Å².